The molecule has 1 heterocycles. The van der Waals surface area contributed by atoms with Crippen LogP contribution in [0.15, 0.2) is 152 Å². The highest BCUT2D eigenvalue weighted by Gasteiger charge is 2.60. The lowest BCUT2D eigenvalue weighted by Crippen LogP contribution is -2.59. The van der Waals surface area contributed by atoms with Crippen molar-refractivity contribution in [2.75, 3.05) is 4.90 Å². The highest BCUT2D eigenvalue weighted by Crippen LogP contribution is 2.63. The Morgan fingerprint density at radius 2 is 1.13 bits per heavy atom. The van der Waals surface area contributed by atoms with Crippen molar-refractivity contribution in [3.8, 4) is 22.3 Å². The summed E-state index contributed by atoms with van der Waals surface area (Å²) in [7, 11) is 0. The lowest BCUT2D eigenvalue weighted by Gasteiger charge is -2.54. The van der Waals surface area contributed by atoms with Crippen LogP contribution in [-0.2, 0) is 10.8 Å². The summed E-state index contributed by atoms with van der Waals surface area (Å²) < 4.78 is 0. The zero-order valence-corrected chi connectivity index (χ0v) is 27.6. The third-order valence-electron chi connectivity index (χ3n) is 12.5. The molecule has 3 atom stereocenters. The Hall–Kier alpha value is -4.88. The standard InChI is InChI=1S/C46H41N/c1-32-16-15-29-44(2)42-31-34(26-28-43(42)47(45(32,44)3)37-21-11-6-12-22-37)33-25-27-41-39(30-33)38-23-13-14-24-40(38)46(41,35-17-7-4-8-18-35)36-19-9-5-10-20-36/h4-14,17-28,30-32H,15-16,29H2,1-3H3. The minimum atomic E-state index is -0.366. The van der Waals surface area contributed by atoms with Crippen LogP contribution in [0, 0.1) is 5.92 Å². The predicted molar refractivity (Wildman–Crippen MR) is 197 cm³/mol. The van der Waals surface area contributed by atoms with Gasteiger partial charge in [-0.25, -0.2) is 0 Å². The second-order valence-electron chi connectivity index (χ2n) is 14.5. The van der Waals surface area contributed by atoms with E-state index in [1.54, 1.807) is 0 Å². The van der Waals surface area contributed by atoms with Crippen LogP contribution in [0.2, 0.25) is 0 Å². The van der Waals surface area contributed by atoms with E-state index in [9.17, 15) is 0 Å². The van der Waals surface area contributed by atoms with Gasteiger partial charge in [0, 0.05) is 16.8 Å². The van der Waals surface area contributed by atoms with Gasteiger partial charge in [-0.2, -0.15) is 0 Å². The molecule has 0 radical (unpaired) electrons. The van der Waals surface area contributed by atoms with Crippen molar-refractivity contribution in [2.24, 2.45) is 5.92 Å². The molecule has 0 amide bonds. The molecule has 1 nitrogen and oxygen atoms in total. The number of hydrogen-bond donors (Lipinski definition) is 0. The van der Waals surface area contributed by atoms with Crippen molar-refractivity contribution in [1.82, 2.24) is 0 Å². The minimum Gasteiger partial charge on any atom is -0.334 e. The lowest BCUT2D eigenvalue weighted by molar-refractivity contribution is 0.130. The average molecular weight is 608 g/mol. The van der Waals surface area contributed by atoms with E-state index < -0.39 is 0 Å². The Bertz CT molecular complexity index is 2070. The summed E-state index contributed by atoms with van der Waals surface area (Å²) in [6.07, 6.45) is 3.75. The summed E-state index contributed by atoms with van der Waals surface area (Å²) in [4.78, 5) is 2.68. The second kappa shape index (κ2) is 10.3. The van der Waals surface area contributed by atoms with Crippen LogP contribution in [-0.4, -0.2) is 5.54 Å². The van der Waals surface area contributed by atoms with E-state index in [0.717, 1.165) is 0 Å². The number of anilines is 2. The molecule has 0 N–H and O–H groups in total. The first-order valence-corrected chi connectivity index (χ1v) is 17.3. The van der Waals surface area contributed by atoms with Gasteiger partial charge in [0.2, 0.25) is 0 Å². The number of fused-ring (bicyclic) bond motifs is 6. The van der Waals surface area contributed by atoms with Gasteiger partial charge in [0.05, 0.1) is 11.0 Å². The molecule has 1 heteroatoms. The predicted octanol–water partition coefficient (Wildman–Crippen LogP) is 11.7. The molecule has 2 aliphatic carbocycles. The average Bonchev–Trinajstić information content (AvgIpc) is 3.54. The van der Waals surface area contributed by atoms with Crippen LogP contribution < -0.4 is 4.90 Å². The monoisotopic (exact) mass is 607 g/mol. The zero-order chi connectivity index (χ0) is 31.8. The number of rotatable bonds is 4. The molecule has 230 valence electrons. The Kier molecular flexibility index (Phi) is 6.22. The quantitative estimate of drug-likeness (QED) is 0.192. The third kappa shape index (κ3) is 3.72. The molecule has 6 aromatic rings. The van der Waals surface area contributed by atoms with E-state index in [0.29, 0.717) is 5.92 Å². The maximum Gasteiger partial charge on any atom is 0.0713 e. The fourth-order valence-corrected chi connectivity index (χ4v) is 9.93. The summed E-state index contributed by atoms with van der Waals surface area (Å²) in [5.41, 5.74) is 14.5. The molecular weight excluding hydrogens is 567 g/mol. The van der Waals surface area contributed by atoms with Gasteiger partial charge in [0.15, 0.2) is 0 Å². The fourth-order valence-electron chi connectivity index (χ4n) is 9.93. The summed E-state index contributed by atoms with van der Waals surface area (Å²) in [6, 6.07) is 56.9. The van der Waals surface area contributed by atoms with E-state index in [1.165, 1.54) is 80.7 Å². The first-order valence-electron chi connectivity index (χ1n) is 17.3. The third-order valence-corrected chi connectivity index (χ3v) is 12.5. The van der Waals surface area contributed by atoms with Crippen LogP contribution in [0.3, 0.4) is 0 Å². The smallest absolute Gasteiger partial charge is 0.0713 e. The SMILES string of the molecule is CC1CCCC2(C)c3cc(-c4ccc5c(c4)-c4ccccc4C5(c4ccccc4)c4ccccc4)ccc3N(c3ccccc3)C12C. The molecule has 47 heavy (non-hydrogen) atoms. The number of benzene rings is 6. The number of hydrogen-bond acceptors (Lipinski definition) is 1. The van der Waals surface area contributed by atoms with Gasteiger partial charge in [-0.05, 0) is 106 Å². The fraction of sp³-hybridized carbons (Fsp3) is 0.217. The van der Waals surface area contributed by atoms with Crippen molar-refractivity contribution in [1.29, 1.82) is 0 Å². The number of para-hydroxylation sites is 1. The van der Waals surface area contributed by atoms with Gasteiger partial charge < -0.3 is 4.90 Å². The minimum absolute atomic E-state index is 0.00933. The molecule has 0 aromatic heterocycles. The number of nitrogens with zero attached hydrogens (tertiary/aromatic N) is 1. The molecule has 6 aromatic carbocycles. The van der Waals surface area contributed by atoms with Crippen molar-refractivity contribution < 1.29 is 0 Å². The van der Waals surface area contributed by atoms with Crippen molar-refractivity contribution in [2.45, 2.75) is 56.4 Å². The van der Waals surface area contributed by atoms with E-state index in [1.807, 2.05) is 0 Å². The van der Waals surface area contributed by atoms with Crippen LogP contribution in [0.25, 0.3) is 22.3 Å². The molecule has 0 saturated heterocycles. The van der Waals surface area contributed by atoms with Gasteiger partial charge in [-0.1, -0.05) is 142 Å². The zero-order valence-electron chi connectivity index (χ0n) is 27.6. The van der Waals surface area contributed by atoms with Crippen LogP contribution >= 0.6 is 0 Å². The second-order valence-corrected chi connectivity index (χ2v) is 14.5. The summed E-state index contributed by atoms with van der Waals surface area (Å²) in [5, 5.41) is 0. The van der Waals surface area contributed by atoms with E-state index in [4.69, 9.17) is 0 Å². The molecule has 1 saturated carbocycles. The molecular formula is C46H41N. The molecule has 1 aliphatic heterocycles. The van der Waals surface area contributed by atoms with Crippen molar-refractivity contribution in [3.05, 3.63) is 179 Å². The van der Waals surface area contributed by atoms with Gasteiger partial charge in [-0.15, -0.1) is 0 Å². The first kappa shape index (κ1) is 28.4. The van der Waals surface area contributed by atoms with Crippen LogP contribution in [0.5, 0.6) is 0 Å². The Balaban J connectivity index is 1.24. The van der Waals surface area contributed by atoms with Gasteiger partial charge >= 0.3 is 0 Å². The maximum atomic E-state index is 2.68. The van der Waals surface area contributed by atoms with Gasteiger partial charge in [0.1, 0.15) is 0 Å². The maximum absolute atomic E-state index is 2.68. The van der Waals surface area contributed by atoms with Gasteiger partial charge in [-0.3, -0.25) is 0 Å². The lowest BCUT2D eigenvalue weighted by atomic mass is 9.57. The van der Waals surface area contributed by atoms with Crippen LogP contribution in [0.4, 0.5) is 11.4 Å². The first-order chi connectivity index (χ1) is 23.0. The Morgan fingerprint density at radius 1 is 0.553 bits per heavy atom. The topological polar surface area (TPSA) is 3.24 Å². The highest BCUT2D eigenvalue weighted by molar-refractivity contribution is 5.89. The molecule has 0 spiro atoms. The van der Waals surface area contributed by atoms with E-state index in [-0.39, 0.29) is 16.4 Å². The Labute approximate surface area is 279 Å². The van der Waals surface area contributed by atoms with E-state index >= 15 is 0 Å². The van der Waals surface area contributed by atoms with Gasteiger partial charge in [0.25, 0.3) is 0 Å². The summed E-state index contributed by atoms with van der Waals surface area (Å²) >= 11 is 0. The van der Waals surface area contributed by atoms with E-state index in [2.05, 4.69) is 177 Å². The Morgan fingerprint density at radius 3 is 1.83 bits per heavy atom. The summed E-state index contributed by atoms with van der Waals surface area (Å²) in [6.45, 7) is 7.55. The largest absolute Gasteiger partial charge is 0.334 e. The molecule has 3 unspecified atom stereocenters. The molecule has 1 fully saturated rings. The normalized spacial score (nSPS) is 23.5. The van der Waals surface area contributed by atoms with Crippen LogP contribution in [0.1, 0.15) is 67.9 Å². The molecule has 0 bridgehead atoms. The molecule has 3 aliphatic rings. The molecule has 9 rings (SSSR count). The van der Waals surface area contributed by atoms with Crippen molar-refractivity contribution in [3.63, 3.8) is 0 Å². The summed E-state index contributed by atoms with van der Waals surface area (Å²) in [5.74, 6) is 0.581. The highest BCUT2D eigenvalue weighted by atomic mass is 15.3. The van der Waals surface area contributed by atoms with Crippen molar-refractivity contribution >= 4 is 11.4 Å².